The smallest absolute Gasteiger partial charge is 0.340 e. The van der Waals surface area contributed by atoms with Gasteiger partial charge in [0, 0.05) is 10.7 Å². The van der Waals surface area contributed by atoms with E-state index in [0.29, 0.717) is 16.3 Å². The van der Waals surface area contributed by atoms with Gasteiger partial charge < -0.3 is 10.5 Å². The summed E-state index contributed by atoms with van der Waals surface area (Å²) in [6.07, 6.45) is 0. The number of halogens is 1. The maximum absolute atomic E-state index is 11.9. The summed E-state index contributed by atoms with van der Waals surface area (Å²) in [6, 6.07) is 12.5. The van der Waals surface area contributed by atoms with E-state index in [1.165, 1.54) is 6.07 Å². The van der Waals surface area contributed by atoms with Crippen molar-refractivity contribution in [3.05, 3.63) is 64.2 Å². The van der Waals surface area contributed by atoms with E-state index in [4.69, 9.17) is 22.1 Å². The number of nitrogen functional groups attached to an aromatic ring is 1. The van der Waals surface area contributed by atoms with Crippen LogP contribution in [0, 0.1) is 6.92 Å². The van der Waals surface area contributed by atoms with E-state index in [1.54, 1.807) is 12.1 Å². The maximum atomic E-state index is 11.9. The van der Waals surface area contributed by atoms with Crippen molar-refractivity contribution in [1.82, 2.24) is 0 Å². The largest absolute Gasteiger partial charge is 0.457 e. The highest BCUT2D eigenvalue weighted by molar-refractivity contribution is 6.31. The molecule has 0 unspecified atom stereocenters. The number of nitrogens with two attached hydrogens (primary N) is 1. The molecule has 0 atom stereocenters. The van der Waals surface area contributed by atoms with Gasteiger partial charge in [0.05, 0.1) is 5.56 Å². The molecule has 0 bridgehead atoms. The van der Waals surface area contributed by atoms with Gasteiger partial charge in [-0.3, -0.25) is 0 Å². The Bertz CT molecular complexity index is 594. The Labute approximate surface area is 117 Å². The van der Waals surface area contributed by atoms with Crippen LogP contribution < -0.4 is 5.73 Å². The monoisotopic (exact) mass is 275 g/mol. The fourth-order valence-corrected chi connectivity index (χ4v) is 1.79. The third-order valence-electron chi connectivity index (χ3n) is 2.73. The topological polar surface area (TPSA) is 52.3 Å². The zero-order chi connectivity index (χ0) is 13.8. The van der Waals surface area contributed by atoms with Crippen LogP contribution in [-0.4, -0.2) is 5.97 Å². The molecule has 0 saturated carbocycles. The third-order valence-corrected chi connectivity index (χ3v) is 2.96. The first-order chi connectivity index (χ1) is 9.06. The highest BCUT2D eigenvalue weighted by Crippen LogP contribution is 2.19. The molecule has 4 heteroatoms. The van der Waals surface area contributed by atoms with Crippen LogP contribution in [0.1, 0.15) is 21.5 Å². The molecule has 0 heterocycles. The SMILES string of the molecule is Cc1ccc(COC(=O)c2cc(Cl)ccc2N)cc1. The van der Waals surface area contributed by atoms with Crippen molar-refractivity contribution < 1.29 is 9.53 Å². The maximum Gasteiger partial charge on any atom is 0.340 e. The second-order valence-corrected chi connectivity index (χ2v) is 4.73. The van der Waals surface area contributed by atoms with Gasteiger partial charge in [0.25, 0.3) is 0 Å². The van der Waals surface area contributed by atoms with Crippen LogP contribution in [0.2, 0.25) is 5.02 Å². The molecule has 0 amide bonds. The molecule has 3 nitrogen and oxygen atoms in total. The average molecular weight is 276 g/mol. The number of hydrogen-bond donors (Lipinski definition) is 1. The number of hydrogen-bond acceptors (Lipinski definition) is 3. The van der Waals surface area contributed by atoms with Crippen molar-refractivity contribution in [2.24, 2.45) is 0 Å². The molecule has 0 radical (unpaired) electrons. The molecule has 0 aromatic heterocycles. The molecule has 2 rings (SSSR count). The van der Waals surface area contributed by atoms with Crippen molar-refractivity contribution in [3.63, 3.8) is 0 Å². The van der Waals surface area contributed by atoms with Gasteiger partial charge in [-0.15, -0.1) is 0 Å². The fourth-order valence-electron chi connectivity index (χ4n) is 1.62. The minimum Gasteiger partial charge on any atom is -0.457 e. The summed E-state index contributed by atoms with van der Waals surface area (Å²) < 4.78 is 5.21. The summed E-state index contributed by atoms with van der Waals surface area (Å²) in [4.78, 5) is 11.9. The number of carbonyl (C=O) groups excluding carboxylic acids is 1. The van der Waals surface area contributed by atoms with Gasteiger partial charge in [0.2, 0.25) is 0 Å². The standard InChI is InChI=1S/C15H14ClNO2/c1-10-2-4-11(5-3-10)9-19-15(18)13-8-12(16)6-7-14(13)17/h2-8H,9,17H2,1H3. The van der Waals surface area contributed by atoms with Crippen LogP contribution in [0.15, 0.2) is 42.5 Å². The van der Waals surface area contributed by atoms with Crippen LogP contribution in [-0.2, 0) is 11.3 Å². The number of rotatable bonds is 3. The van der Waals surface area contributed by atoms with Gasteiger partial charge in [0.1, 0.15) is 6.61 Å². The van der Waals surface area contributed by atoms with Gasteiger partial charge in [-0.1, -0.05) is 41.4 Å². The molecule has 2 aromatic carbocycles. The molecular formula is C15H14ClNO2. The lowest BCUT2D eigenvalue weighted by atomic mass is 10.1. The van der Waals surface area contributed by atoms with Crippen LogP contribution in [0.25, 0.3) is 0 Å². The Morgan fingerprint density at radius 1 is 1.21 bits per heavy atom. The Kier molecular flexibility index (Phi) is 4.07. The highest BCUT2D eigenvalue weighted by atomic mass is 35.5. The normalized spacial score (nSPS) is 10.2. The van der Waals surface area contributed by atoms with E-state index in [1.807, 2.05) is 31.2 Å². The molecule has 0 spiro atoms. The molecule has 98 valence electrons. The Morgan fingerprint density at radius 3 is 2.58 bits per heavy atom. The first kappa shape index (κ1) is 13.4. The number of benzene rings is 2. The van der Waals surface area contributed by atoms with Crippen molar-refractivity contribution in [3.8, 4) is 0 Å². The predicted molar refractivity (Wildman–Crippen MR) is 76.2 cm³/mol. The molecule has 0 aliphatic carbocycles. The van der Waals surface area contributed by atoms with Crippen molar-refractivity contribution in [2.45, 2.75) is 13.5 Å². The summed E-state index contributed by atoms with van der Waals surface area (Å²) >= 11 is 5.83. The summed E-state index contributed by atoms with van der Waals surface area (Å²) in [7, 11) is 0. The van der Waals surface area contributed by atoms with E-state index in [-0.39, 0.29) is 6.61 Å². The van der Waals surface area contributed by atoms with Gasteiger partial charge in [-0.2, -0.15) is 0 Å². The summed E-state index contributed by atoms with van der Waals surface area (Å²) in [6.45, 7) is 2.22. The lowest BCUT2D eigenvalue weighted by Crippen LogP contribution is -2.08. The minimum absolute atomic E-state index is 0.213. The second-order valence-electron chi connectivity index (χ2n) is 4.29. The van der Waals surface area contributed by atoms with Crippen molar-refractivity contribution in [1.29, 1.82) is 0 Å². The average Bonchev–Trinajstić information content (AvgIpc) is 2.40. The minimum atomic E-state index is -0.472. The van der Waals surface area contributed by atoms with Crippen molar-refractivity contribution in [2.75, 3.05) is 5.73 Å². The van der Waals surface area contributed by atoms with Crippen LogP contribution in [0.5, 0.6) is 0 Å². The molecule has 0 saturated heterocycles. The lowest BCUT2D eigenvalue weighted by molar-refractivity contribution is 0.0474. The first-order valence-electron chi connectivity index (χ1n) is 5.84. The fraction of sp³-hybridized carbons (Fsp3) is 0.133. The van der Waals surface area contributed by atoms with Crippen molar-refractivity contribution >= 4 is 23.3 Å². The lowest BCUT2D eigenvalue weighted by Gasteiger charge is -2.07. The summed E-state index contributed by atoms with van der Waals surface area (Å²) in [5, 5.41) is 0.455. The second kappa shape index (κ2) is 5.76. The number of carbonyl (C=O) groups is 1. The zero-order valence-corrected chi connectivity index (χ0v) is 11.3. The number of esters is 1. The van der Waals surface area contributed by atoms with Crippen LogP contribution in [0.3, 0.4) is 0 Å². The number of anilines is 1. The summed E-state index contributed by atoms with van der Waals surface area (Å²) in [5.74, 6) is -0.472. The Morgan fingerprint density at radius 2 is 1.89 bits per heavy atom. The molecule has 2 aromatic rings. The molecule has 0 aliphatic heterocycles. The Balaban J connectivity index is 2.05. The van der Waals surface area contributed by atoms with Gasteiger partial charge >= 0.3 is 5.97 Å². The van der Waals surface area contributed by atoms with Gasteiger partial charge in [-0.05, 0) is 30.7 Å². The summed E-state index contributed by atoms with van der Waals surface area (Å²) in [5.41, 5.74) is 8.46. The zero-order valence-electron chi connectivity index (χ0n) is 10.5. The van der Waals surface area contributed by atoms with E-state index in [9.17, 15) is 4.79 Å². The molecule has 19 heavy (non-hydrogen) atoms. The predicted octanol–water partition coefficient (Wildman–Crippen LogP) is 3.59. The number of ether oxygens (including phenoxy) is 1. The van der Waals surface area contributed by atoms with Crippen LogP contribution >= 0.6 is 11.6 Å². The third kappa shape index (κ3) is 3.48. The molecule has 0 fully saturated rings. The van der Waals surface area contributed by atoms with Gasteiger partial charge in [-0.25, -0.2) is 4.79 Å². The number of aryl methyl sites for hydroxylation is 1. The van der Waals surface area contributed by atoms with Gasteiger partial charge in [0.15, 0.2) is 0 Å². The molecule has 2 N–H and O–H groups in total. The highest BCUT2D eigenvalue weighted by Gasteiger charge is 2.11. The quantitative estimate of drug-likeness (QED) is 0.688. The van der Waals surface area contributed by atoms with E-state index in [0.717, 1.165) is 11.1 Å². The Hall–Kier alpha value is -2.00. The molecular weight excluding hydrogens is 262 g/mol. The first-order valence-corrected chi connectivity index (χ1v) is 6.22. The van der Waals surface area contributed by atoms with E-state index in [2.05, 4.69) is 0 Å². The van der Waals surface area contributed by atoms with Crippen LogP contribution in [0.4, 0.5) is 5.69 Å². The van der Waals surface area contributed by atoms with E-state index >= 15 is 0 Å². The molecule has 0 aliphatic rings. The van der Waals surface area contributed by atoms with E-state index < -0.39 is 5.97 Å².